The minimum Gasteiger partial charge on any atom is -0.493 e. The maximum atomic E-state index is 12.9. The van der Waals surface area contributed by atoms with Crippen LogP contribution in [0.1, 0.15) is 52.0 Å². The molecule has 2 fully saturated rings. The van der Waals surface area contributed by atoms with Gasteiger partial charge in [-0.3, -0.25) is 19.9 Å². The molecule has 1 aromatic carbocycles. The average molecular weight is 447 g/mol. The lowest BCUT2D eigenvalue weighted by atomic mass is 9.77. The van der Waals surface area contributed by atoms with E-state index in [0.29, 0.717) is 50.0 Å². The van der Waals surface area contributed by atoms with Crippen LogP contribution in [-0.2, 0) is 16.1 Å². The average Bonchev–Trinajstić information content (AvgIpc) is 3.00. The summed E-state index contributed by atoms with van der Waals surface area (Å²) in [6, 6.07) is 5.11. The van der Waals surface area contributed by atoms with Gasteiger partial charge >= 0.3 is 6.03 Å². The number of imide groups is 1. The molecule has 0 radical (unpaired) electrons. The smallest absolute Gasteiger partial charge is 0.344 e. The topological polar surface area (TPSA) is 100 Å². The number of nitrogens with zero attached hydrogens (tertiary/aromatic N) is 2. The monoisotopic (exact) mass is 446 g/mol. The number of carbonyl (C=O) groups excluding carboxylic acids is 3. The van der Waals surface area contributed by atoms with Gasteiger partial charge in [0.15, 0.2) is 11.5 Å². The predicted octanol–water partition coefficient (Wildman–Crippen LogP) is 2.45. The molecule has 0 aromatic heterocycles. The number of likely N-dealkylation sites (N-methyl/N-ethyl adjacent to an activating group) is 1. The molecule has 4 amide bonds. The van der Waals surface area contributed by atoms with Gasteiger partial charge in [0, 0.05) is 6.54 Å². The van der Waals surface area contributed by atoms with Gasteiger partial charge in [-0.15, -0.1) is 0 Å². The van der Waals surface area contributed by atoms with Gasteiger partial charge in [0.2, 0.25) is 0 Å². The summed E-state index contributed by atoms with van der Waals surface area (Å²) in [6.45, 7) is 7.72. The van der Waals surface area contributed by atoms with Crippen LogP contribution in [0, 0.1) is 5.92 Å². The Labute approximate surface area is 189 Å². The molecule has 1 aromatic rings. The maximum Gasteiger partial charge on any atom is 0.344 e. The van der Waals surface area contributed by atoms with Crippen LogP contribution in [0.4, 0.5) is 4.79 Å². The van der Waals surface area contributed by atoms with Gasteiger partial charge in [-0.25, -0.2) is 4.79 Å². The highest BCUT2D eigenvalue weighted by Gasteiger charge is 2.52. The van der Waals surface area contributed by atoms with Crippen LogP contribution in [0.3, 0.4) is 0 Å². The van der Waals surface area contributed by atoms with Crippen molar-refractivity contribution < 1.29 is 23.9 Å². The van der Waals surface area contributed by atoms with Crippen LogP contribution < -0.4 is 20.2 Å². The van der Waals surface area contributed by atoms with Crippen molar-refractivity contribution in [1.29, 1.82) is 0 Å². The molecule has 2 N–H and O–H groups in total. The molecule has 0 atom stereocenters. The fourth-order valence-corrected chi connectivity index (χ4v) is 4.30. The highest BCUT2D eigenvalue weighted by Crippen LogP contribution is 2.35. The van der Waals surface area contributed by atoms with E-state index in [0.717, 1.165) is 23.4 Å². The van der Waals surface area contributed by atoms with Gasteiger partial charge < -0.3 is 14.8 Å². The van der Waals surface area contributed by atoms with Crippen LogP contribution in [0.15, 0.2) is 18.2 Å². The molecule has 9 nitrogen and oxygen atoms in total. The largest absolute Gasteiger partial charge is 0.493 e. The van der Waals surface area contributed by atoms with Gasteiger partial charge in [0.05, 0.1) is 20.3 Å². The number of ether oxygens (including phenoxy) is 2. The molecule has 2 aliphatic rings. The molecular formula is C23H34N4O5. The number of nitrogens with one attached hydrogen (secondary N) is 2. The summed E-state index contributed by atoms with van der Waals surface area (Å²) in [5, 5.41) is 3.67. The summed E-state index contributed by atoms with van der Waals surface area (Å²) in [6.07, 6.45) is 2.96. The van der Waals surface area contributed by atoms with Crippen molar-refractivity contribution in [2.24, 2.45) is 5.92 Å². The van der Waals surface area contributed by atoms with Crippen molar-refractivity contribution in [1.82, 2.24) is 20.7 Å². The number of carbonyl (C=O) groups is 3. The molecule has 1 aliphatic heterocycles. The van der Waals surface area contributed by atoms with E-state index in [2.05, 4.69) is 17.7 Å². The number of amides is 4. The van der Waals surface area contributed by atoms with E-state index >= 15 is 0 Å². The van der Waals surface area contributed by atoms with Crippen molar-refractivity contribution in [3.05, 3.63) is 23.8 Å². The van der Waals surface area contributed by atoms with Crippen molar-refractivity contribution in [2.45, 2.75) is 58.5 Å². The van der Waals surface area contributed by atoms with Gasteiger partial charge in [0.1, 0.15) is 5.54 Å². The van der Waals surface area contributed by atoms with Gasteiger partial charge in [-0.1, -0.05) is 19.9 Å². The van der Waals surface area contributed by atoms with Crippen LogP contribution in [-0.4, -0.2) is 60.1 Å². The van der Waals surface area contributed by atoms with Gasteiger partial charge in [0.25, 0.3) is 11.8 Å². The molecule has 1 saturated heterocycles. The summed E-state index contributed by atoms with van der Waals surface area (Å²) in [5.74, 6) is 1.07. The first-order valence-electron chi connectivity index (χ1n) is 11.3. The summed E-state index contributed by atoms with van der Waals surface area (Å²) < 4.78 is 10.9. The molecule has 0 unspecified atom stereocenters. The second kappa shape index (κ2) is 10.2. The van der Waals surface area contributed by atoms with E-state index in [9.17, 15) is 14.4 Å². The van der Waals surface area contributed by atoms with E-state index in [1.165, 1.54) is 0 Å². The van der Waals surface area contributed by atoms with Crippen LogP contribution >= 0.6 is 0 Å². The van der Waals surface area contributed by atoms with E-state index in [-0.39, 0.29) is 12.5 Å². The van der Waals surface area contributed by atoms with Crippen molar-refractivity contribution in [3.8, 4) is 11.5 Å². The Morgan fingerprint density at radius 2 is 1.97 bits per heavy atom. The van der Waals surface area contributed by atoms with E-state index < -0.39 is 17.5 Å². The number of methoxy groups -OCH3 is 1. The lowest BCUT2D eigenvalue weighted by molar-refractivity contribution is -0.140. The third-order valence-corrected chi connectivity index (χ3v) is 6.27. The third kappa shape index (κ3) is 5.15. The highest BCUT2D eigenvalue weighted by molar-refractivity contribution is 6.08. The van der Waals surface area contributed by atoms with Crippen molar-refractivity contribution in [2.75, 3.05) is 26.8 Å². The molecule has 1 heterocycles. The fraction of sp³-hybridized carbons (Fsp3) is 0.609. The number of hydrazine groups is 1. The minimum absolute atomic E-state index is 0.0487. The zero-order valence-corrected chi connectivity index (χ0v) is 19.4. The summed E-state index contributed by atoms with van der Waals surface area (Å²) in [4.78, 5) is 39.9. The van der Waals surface area contributed by atoms with Crippen LogP contribution in [0.2, 0.25) is 0 Å². The Morgan fingerprint density at radius 3 is 2.59 bits per heavy atom. The zero-order valence-electron chi connectivity index (χ0n) is 19.4. The molecule has 1 saturated carbocycles. The standard InChI is InChI=1S/C23H34N4O5/c1-5-26(14-17-7-8-18(32-6-2)19(13-17)31-4)15-20(28)25-27-21(29)23(24-22(27)30)11-9-16(3)10-12-23/h7-8,13,16H,5-6,9-12,14-15H2,1-4H3,(H,24,30)(H,25,28). The predicted molar refractivity (Wildman–Crippen MR) is 119 cm³/mol. The van der Waals surface area contributed by atoms with E-state index in [1.807, 2.05) is 36.9 Å². The second-order valence-electron chi connectivity index (χ2n) is 8.59. The normalized spacial score (nSPS) is 22.9. The Hall–Kier alpha value is -2.81. The first kappa shape index (κ1) is 23.8. The lowest BCUT2D eigenvalue weighted by Crippen LogP contribution is -2.52. The maximum absolute atomic E-state index is 12.9. The zero-order chi connectivity index (χ0) is 23.3. The molecule has 1 spiro atoms. The Bertz CT molecular complexity index is 851. The SMILES string of the molecule is CCOc1ccc(CN(CC)CC(=O)NN2C(=O)NC3(CCC(C)CC3)C2=O)cc1OC. The summed E-state index contributed by atoms with van der Waals surface area (Å²) in [5.41, 5.74) is 2.59. The van der Waals surface area contributed by atoms with Crippen molar-refractivity contribution in [3.63, 3.8) is 0 Å². The quantitative estimate of drug-likeness (QED) is 0.565. The lowest BCUT2D eigenvalue weighted by Gasteiger charge is -2.33. The highest BCUT2D eigenvalue weighted by atomic mass is 16.5. The Morgan fingerprint density at radius 1 is 1.25 bits per heavy atom. The molecule has 9 heteroatoms. The van der Waals surface area contributed by atoms with Gasteiger partial charge in [-0.2, -0.15) is 5.01 Å². The molecule has 1 aliphatic carbocycles. The van der Waals surface area contributed by atoms with E-state index in [1.54, 1.807) is 7.11 Å². The third-order valence-electron chi connectivity index (χ3n) is 6.27. The number of hydrogen-bond acceptors (Lipinski definition) is 6. The van der Waals surface area contributed by atoms with E-state index in [4.69, 9.17) is 9.47 Å². The van der Waals surface area contributed by atoms with Gasteiger partial charge in [-0.05, 0) is 62.8 Å². The molecule has 3 rings (SSSR count). The fourth-order valence-electron chi connectivity index (χ4n) is 4.30. The summed E-state index contributed by atoms with van der Waals surface area (Å²) >= 11 is 0. The molecular weight excluding hydrogens is 412 g/mol. The van der Waals surface area contributed by atoms with Crippen LogP contribution in [0.5, 0.6) is 11.5 Å². The second-order valence-corrected chi connectivity index (χ2v) is 8.59. The van der Waals surface area contributed by atoms with Crippen molar-refractivity contribution >= 4 is 17.8 Å². The minimum atomic E-state index is -0.875. The first-order valence-corrected chi connectivity index (χ1v) is 11.3. The molecule has 176 valence electrons. The number of hydrogen-bond donors (Lipinski definition) is 2. The number of rotatable bonds is 9. The Balaban J connectivity index is 1.60. The summed E-state index contributed by atoms with van der Waals surface area (Å²) in [7, 11) is 1.59. The molecule has 0 bridgehead atoms. The Kier molecular flexibility index (Phi) is 7.60. The number of benzene rings is 1. The first-order chi connectivity index (χ1) is 15.3. The number of urea groups is 1. The molecule has 32 heavy (non-hydrogen) atoms. The van der Waals surface area contributed by atoms with Crippen LogP contribution in [0.25, 0.3) is 0 Å².